The van der Waals surface area contributed by atoms with Gasteiger partial charge in [0.2, 0.25) is 0 Å². The van der Waals surface area contributed by atoms with Crippen LogP contribution in [0.1, 0.15) is 129 Å². The van der Waals surface area contributed by atoms with Crippen molar-refractivity contribution in [3.8, 4) is 0 Å². The molecule has 210 valence electrons. The van der Waals surface area contributed by atoms with Crippen molar-refractivity contribution in [3.63, 3.8) is 0 Å². The van der Waals surface area contributed by atoms with Crippen LogP contribution in [-0.2, 0) is 14.3 Å². The van der Waals surface area contributed by atoms with Crippen molar-refractivity contribution in [1.29, 1.82) is 0 Å². The summed E-state index contributed by atoms with van der Waals surface area (Å²) in [6, 6.07) is 0. The first kappa shape index (κ1) is 34.6. The van der Waals surface area contributed by atoms with Gasteiger partial charge in [0, 0.05) is 12.8 Å². The van der Waals surface area contributed by atoms with Gasteiger partial charge < -0.3 is 9.84 Å². The van der Waals surface area contributed by atoms with Gasteiger partial charge in [-0.25, -0.2) is 0 Å². The largest absolute Gasteiger partial charge is 0.481 e. The van der Waals surface area contributed by atoms with Crippen molar-refractivity contribution < 1.29 is 19.4 Å². The molecular formula is C33H54O4. The quantitative estimate of drug-likeness (QED) is 0.0748. The lowest BCUT2D eigenvalue weighted by Crippen LogP contribution is -2.16. The molecule has 4 heteroatoms. The molecule has 1 unspecified atom stereocenters. The predicted octanol–water partition coefficient (Wildman–Crippen LogP) is 9.83. The Morgan fingerprint density at radius 2 is 1.22 bits per heavy atom. The summed E-state index contributed by atoms with van der Waals surface area (Å²) in [7, 11) is 0. The molecule has 0 saturated carbocycles. The number of rotatable bonds is 25. The van der Waals surface area contributed by atoms with Crippen LogP contribution >= 0.6 is 0 Å². The van der Waals surface area contributed by atoms with E-state index in [1.807, 2.05) is 6.08 Å². The third kappa shape index (κ3) is 28.1. The van der Waals surface area contributed by atoms with E-state index < -0.39 is 5.97 Å². The van der Waals surface area contributed by atoms with E-state index in [0.717, 1.165) is 83.5 Å². The average molecular weight is 515 g/mol. The third-order valence-electron chi connectivity index (χ3n) is 5.96. The zero-order valence-corrected chi connectivity index (χ0v) is 23.8. The highest BCUT2D eigenvalue weighted by Gasteiger charge is 2.11. The average Bonchev–Trinajstić information content (AvgIpc) is 2.87. The van der Waals surface area contributed by atoms with Crippen LogP contribution < -0.4 is 0 Å². The Hall–Kier alpha value is -2.36. The van der Waals surface area contributed by atoms with E-state index >= 15 is 0 Å². The molecule has 0 aromatic heterocycles. The van der Waals surface area contributed by atoms with Gasteiger partial charge in [0.15, 0.2) is 0 Å². The van der Waals surface area contributed by atoms with Gasteiger partial charge in [0.1, 0.15) is 6.10 Å². The highest BCUT2D eigenvalue weighted by Crippen LogP contribution is 2.14. The normalized spacial score (nSPS) is 13.1. The van der Waals surface area contributed by atoms with Crippen LogP contribution in [-0.4, -0.2) is 23.1 Å². The number of aliphatic carboxylic acids is 1. The van der Waals surface area contributed by atoms with Gasteiger partial charge in [0.25, 0.3) is 0 Å². The highest BCUT2D eigenvalue weighted by molar-refractivity contribution is 5.69. The SMILES string of the molecule is CC/C=C\C/C=C\C/C=C\CCCCCC(=O)OC(/C=C\C/C=C\CCCC)CCCCCCC(=O)O. The molecule has 0 radical (unpaired) electrons. The van der Waals surface area contributed by atoms with Gasteiger partial charge in [-0.05, 0) is 76.7 Å². The fraction of sp³-hybridized carbons (Fsp3) is 0.636. The minimum Gasteiger partial charge on any atom is -0.481 e. The number of esters is 1. The van der Waals surface area contributed by atoms with E-state index in [1.54, 1.807) is 0 Å². The maximum Gasteiger partial charge on any atom is 0.306 e. The lowest BCUT2D eigenvalue weighted by molar-refractivity contribution is -0.147. The standard InChI is InChI=1S/C33H54O4/c1-3-5-7-9-11-12-13-14-15-16-18-20-26-30-33(36)37-31(27-23-19-17-10-8-6-4-2)28-24-21-22-25-29-32(34)35/h5,7,10-12,14-15,17,23,27,31H,3-4,6,8-9,13,16,18-22,24-26,28-30H2,1-2H3,(H,34,35)/b7-5-,12-11-,15-14-,17-10-,27-23-. The van der Waals surface area contributed by atoms with Crippen molar-refractivity contribution in [2.75, 3.05) is 0 Å². The number of carboxylic acid groups (broad SMARTS) is 1. The zero-order valence-electron chi connectivity index (χ0n) is 23.8. The summed E-state index contributed by atoms with van der Waals surface area (Å²) in [5.74, 6) is -0.849. The first-order valence-corrected chi connectivity index (χ1v) is 14.8. The summed E-state index contributed by atoms with van der Waals surface area (Å²) in [4.78, 5) is 23.1. The van der Waals surface area contributed by atoms with Crippen LogP contribution in [0.25, 0.3) is 0 Å². The van der Waals surface area contributed by atoms with Gasteiger partial charge in [-0.3, -0.25) is 9.59 Å². The molecule has 0 saturated heterocycles. The Kier molecular flexibility index (Phi) is 26.4. The van der Waals surface area contributed by atoms with Gasteiger partial charge >= 0.3 is 11.9 Å². The lowest BCUT2D eigenvalue weighted by atomic mass is 10.1. The van der Waals surface area contributed by atoms with Crippen molar-refractivity contribution in [1.82, 2.24) is 0 Å². The van der Waals surface area contributed by atoms with Crippen LogP contribution in [0.15, 0.2) is 60.8 Å². The number of carbonyl (C=O) groups is 2. The molecule has 0 amide bonds. The van der Waals surface area contributed by atoms with Crippen molar-refractivity contribution >= 4 is 11.9 Å². The van der Waals surface area contributed by atoms with E-state index in [2.05, 4.69) is 68.5 Å². The van der Waals surface area contributed by atoms with Crippen molar-refractivity contribution in [3.05, 3.63) is 60.8 Å². The Morgan fingerprint density at radius 3 is 1.89 bits per heavy atom. The number of allylic oxidation sites excluding steroid dienone is 9. The minimum atomic E-state index is -0.735. The Balaban J connectivity index is 4.20. The molecule has 0 aliphatic carbocycles. The fourth-order valence-corrected chi connectivity index (χ4v) is 3.78. The number of carbonyl (C=O) groups excluding carboxylic acids is 1. The molecule has 0 aliphatic heterocycles. The molecule has 1 N–H and O–H groups in total. The fourth-order valence-electron chi connectivity index (χ4n) is 3.78. The maximum absolute atomic E-state index is 12.4. The minimum absolute atomic E-state index is 0.114. The summed E-state index contributed by atoms with van der Waals surface area (Å²) >= 11 is 0. The number of hydrogen-bond donors (Lipinski definition) is 1. The van der Waals surface area contributed by atoms with Crippen LogP contribution in [0.5, 0.6) is 0 Å². The lowest BCUT2D eigenvalue weighted by Gasteiger charge is -2.14. The molecule has 0 rings (SSSR count). The molecule has 0 fully saturated rings. The Morgan fingerprint density at radius 1 is 0.649 bits per heavy atom. The first-order valence-electron chi connectivity index (χ1n) is 14.8. The number of ether oxygens (including phenoxy) is 1. The molecule has 0 bridgehead atoms. The van der Waals surface area contributed by atoms with Gasteiger partial charge in [-0.15, -0.1) is 0 Å². The molecule has 1 atom stereocenters. The molecular weight excluding hydrogens is 460 g/mol. The maximum atomic E-state index is 12.4. The molecule has 0 aliphatic rings. The van der Waals surface area contributed by atoms with Gasteiger partial charge in [0.05, 0.1) is 0 Å². The number of carboxylic acids is 1. The van der Waals surface area contributed by atoms with E-state index in [0.29, 0.717) is 12.8 Å². The zero-order chi connectivity index (χ0) is 27.2. The second kappa shape index (κ2) is 28.2. The van der Waals surface area contributed by atoms with Crippen LogP contribution in [0.4, 0.5) is 0 Å². The van der Waals surface area contributed by atoms with Crippen molar-refractivity contribution in [2.45, 2.75) is 136 Å². The van der Waals surface area contributed by atoms with Crippen LogP contribution in [0.3, 0.4) is 0 Å². The molecule has 0 aromatic rings. The van der Waals surface area contributed by atoms with E-state index in [-0.39, 0.29) is 18.5 Å². The van der Waals surface area contributed by atoms with Crippen LogP contribution in [0, 0.1) is 0 Å². The monoisotopic (exact) mass is 514 g/mol. The molecule has 0 aromatic carbocycles. The first-order chi connectivity index (χ1) is 18.1. The molecule has 0 heterocycles. The second-order valence-electron chi connectivity index (χ2n) is 9.55. The van der Waals surface area contributed by atoms with E-state index in [1.165, 1.54) is 12.8 Å². The summed E-state index contributed by atoms with van der Waals surface area (Å²) in [6.07, 6.45) is 38.1. The topological polar surface area (TPSA) is 63.6 Å². The summed E-state index contributed by atoms with van der Waals surface area (Å²) in [6.45, 7) is 4.34. The number of unbranched alkanes of at least 4 members (excludes halogenated alkanes) is 8. The molecule has 0 spiro atoms. The third-order valence-corrected chi connectivity index (χ3v) is 5.96. The highest BCUT2D eigenvalue weighted by atomic mass is 16.5. The summed E-state index contributed by atoms with van der Waals surface area (Å²) in [5.41, 5.74) is 0. The Labute approximate surface area is 227 Å². The van der Waals surface area contributed by atoms with Crippen molar-refractivity contribution in [2.24, 2.45) is 0 Å². The van der Waals surface area contributed by atoms with Gasteiger partial charge in [-0.2, -0.15) is 0 Å². The number of hydrogen-bond acceptors (Lipinski definition) is 3. The van der Waals surface area contributed by atoms with E-state index in [9.17, 15) is 9.59 Å². The van der Waals surface area contributed by atoms with Crippen LogP contribution in [0.2, 0.25) is 0 Å². The second-order valence-corrected chi connectivity index (χ2v) is 9.55. The van der Waals surface area contributed by atoms with Gasteiger partial charge in [-0.1, -0.05) is 101 Å². The Bertz CT molecular complexity index is 684. The van der Waals surface area contributed by atoms with E-state index in [4.69, 9.17) is 9.84 Å². The summed E-state index contributed by atoms with van der Waals surface area (Å²) < 4.78 is 5.78. The molecule has 4 nitrogen and oxygen atoms in total. The molecule has 37 heavy (non-hydrogen) atoms. The predicted molar refractivity (Wildman–Crippen MR) is 158 cm³/mol. The smallest absolute Gasteiger partial charge is 0.306 e. The summed E-state index contributed by atoms with van der Waals surface area (Å²) in [5, 5.41) is 8.76.